The molecule has 7 heteroatoms. The molecule has 1 amide bonds. The lowest BCUT2D eigenvalue weighted by atomic mass is 9.93. The molecule has 0 radical (unpaired) electrons. The molecule has 0 bridgehead atoms. The highest BCUT2D eigenvalue weighted by molar-refractivity contribution is 7.10. The van der Waals surface area contributed by atoms with Crippen LogP contribution >= 0.6 is 11.3 Å². The number of carbonyl (C=O) groups excluding carboxylic acids is 1. The molecule has 2 atom stereocenters. The number of amides is 1. The van der Waals surface area contributed by atoms with Gasteiger partial charge in [0.1, 0.15) is 5.82 Å². The number of likely N-dealkylation sites (tertiary alicyclic amines) is 1. The first-order valence-electron chi connectivity index (χ1n) is 11.4. The number of hydrogen-bond donors (Lipinski definition) is 1. The minimum absolute atomic E-state index is 0.0347. The molecule has 2 aromatic rings. The summed E-state index contributed by atoms with van der Waals surface area (Å²) < 4.78 is 0. The van der Waals surface area contributed by atoms with Gasteiger partial charge in [-0.15, -0.1) is 11.3 Å². The third-order valence-electron chi connectivity index (χ3n) is 6.97. The number of aromatic amines is 1. The van der Waals surface area contributed by atoms with E-state index in [4.69, 9.17) is 4.98 Å². The van der Waals surface area contributed by atoms with Crippen molar-refractivity contribution in [3.05, 3.63) is 61.5 Å². The van der Waals surface area contributed by atoms with Crippen LogP contribution < -0.4 is 5.56 Å². The number of allylic oxidation sites excluding steroid dienone is 2. The van der Waals surface area contributed by atoms with Crippen molar-refractivity contribution in [3.63, 3.8) is 0 Å². The van der Waals surface area contributed by atoms with Gasteiger partial charge >= 0.3 is 0 Å². The van der Waals surface area contributed by atoms with E-state index < -0.39 is 0 Å². The maximum Gasteiger partial charge on any atom is 0.255 e. The van der Waals surface area contributed by atoms with Crippen LogP contribution in [-0.4, -0.2) is 38.8 Å². The van der Waals surface area contributed by atoms with Gasteiger partial charge < -0.3 is 9.88 Å². The molecule has 6 nitrogen and oxygen atoms in total. The predicted octanol–water partition coefficient (Wildman–Crippen LogP) is 3.72. The fraction of sp³-hybridized carbons (Fsp3) is 0.542. The van der Waals surface area contributed by atoms with Gasteiger partial charge in [0.2, 0.25) is 5.91 Å². The van der Waals surface area contributed by atoms with Gasteiger partial charge in [-0.2, -0.15) is 0 Å². The summed E-state index contributed by atoms with van der Waals surface area (Å²) in [5, 5.41) is 2.13. The van der Waals surface area contributed by atoms with Crippen LogP contribution in [0, 0.1) is 12.8 Å². The van der Waals surface area contributed by atoms with Crippen LogP contribution in [0.3, 0.4) is 0 Å². The SMILES string of the molecule is Cc1ccsc1CN1CCc2nc([C@H]3CCCN3C(=O)[C@@H]3CC=CCC3)[nH]c(=O)c2C1. The smallest absolute Gasteiger partial charge is 0.255 e. The lowest BCUT2D eigenvalue weighted by Gasteiger charge is -2.31. The summed E-state index contributed by atoms with van der Waals surface area (Å²) in [6, 6.07) is 2.06. The standard InChI is InChI=1S/C24H30N4O2S/c1-16-10-13-31-21(16)15-27-12-9-19-18(14-27)23(29)26-22(25-19)20-8-5-11-28(20)24(30)17-6-3-2-4-7-17/h2-3,10,13,17,20H,4-9,11-12,14-15H2,1H3,(H,25,26,29)/t17-,20-/m1/s1. The van der Waals surface area contributed by atoms with Crippen molar-refractivity contribution in [2.45, 2.75) is 64.6 Å². The summed E-state index contributed by atoms with van der Waals surface area (Å²) >= 11 is 1.78. The van der Waals surface area contributed by atoms with E-state index >= 15 is 0 Å². The van der Waals surface area contributed by atoms with E-state index in [-0.39, 0.29) is 23.4 Å². The van der Waals surface area contributed by atoms with E-state index in [0.717, 1.165) is 69.4 Å². The lowest BCUT2D eigenvalue weighted by molar-refractivity contribution is -0.136. The van der Waals surface area contributed by atoms with Crippen LogP contribution in [0.2, 0.25) is 0 Å². The fourth-order valence-electron chi connectivity index (χ4n) is 5.13. The number of thiophene rings is 1. The number of rotatable bonds is 4. The summed E-state index contributed by atoms with van der Waals surface area (Å²) in [6.07, 6.45) is 9.64. The molecular formula is C24H30N4O2S. The molecule has 4 heterocycles. The molecule has 0 spiro atoms. The number of fused-ring (bicyclic) bond motifs is 1. The van der Waals surface area contributed by atoms with Crippen LogP contribution in [-0.2, 0) is 24.3 Å². The Balaban J connectivity index is 1.34. The average molecular weight is 439 g/mol. The largest absolute Gasteiger partial charge is 0.332 e. The molecule has 164 valence electrons. The van der Waals surface area contributed by atoms with Crippen LogP contribution in [0.4, 0.5) is 0 Å². The van der Waals surface area contributed by atoms with Crippen molar-refractivity contribution in [1.82, 2.24) is 19.8 Å². The van der Waals surface area contributed by atoms with Gasteiger partial charge in [-0.05, 0) is 56.0 Å². The molecule has 0 unspecified atom stereocenters. The molecule has 5 rings (SSSR count). The Morgan fingerprint density at radius 1 is 1.29 bits per heavy atom. The first-order chi connectivity index (χ1) is 15.1. The normalized spacial score (nSPS) is 23.8. The molecule has 31 heavy (non-hydrogen) atoms. The number of carbonyl (C=O) groups is 1. The van der Waals surface area contributed by atoms with Crippen LogP contribution in [0.15, 0.2) is 28.4 Å². The van der Waals surface area contributed by atoms with E-state index in [1.807, 2.05) is 4.90 Å². The van der Waals surface area contributed by atoms with Crippen molar-refractivity contribution in [1.29, 1.82) is 0 Å². The molecule has 0 aromatic carbocycles. The molecule has 1 fully saturated rings. The zero-order valence-electron chi connectivity index (χ0n) is 18.1. The summed E-state index contributed by atoms with van der Waals surface area (Å²) in [5.74, 6) is 0.984. The lowest BCUT2D eigenvalue weighted by Crippen LogP contribution is -2.39. The van der Waals surface area contributed by atoms with Gasteiger partial charge in [0.25, 0.3) is 5.56 Å². The number of aryl methyl sites for hydroxylation is 1. The molecular weight excluding hydrogens is 408 g/mol. The Hall–Kier alpha value is -2.25. The van der Waals surface area contributed by atoms with Gasteiger partial charge in [0.05, 0.1) is 17.3 Å². The predicted molar refractivity (Wildman–Crippen MR) is 122 cm³/mol. The third kappa shape index (κ3) is 4.13. The minimum Gasteiger partial charge on any atom is -0.332 e. The van der Waals surface area contributed by atoms with E-state index in [2.05, 4.69) is 40.4 Å². The number of aromatic nitrogens is 2. The summed E-state index contributed by atoms with van der Waals surface area (Å²) in [4.78, 5) is 39.8. The van der Waals surface area contributed by atoms with E-state index in [9.17, 15) is 9.59 Å². The second kappa shape index (κ2) is 8.71. The number of nitrogens with one attached hydrogen (secondary N) is 1. The van der Waals surface area contributed by atoms with Crippen molar-refractivity contribution in [2.24, 2.45) is 5.92 Å². The monoisotopic (exact) mass is 438 g/mol. The zero-order chi connectivity index (χ0) is 21.4. The Kier molecular flexibility index (Phi) is 5.80. The van der Waals surface area contributed by atoms with Crippen molar-refractivity contribution in [3.8, 4) is 0 Å². The Labute approximate surface area is 187 Å². The topological polar surface area (TPSA) is 69.3 Å². The number of hydrogen-bond acceptors (Lipinski definition) is 5. The Bertz CT molecular complexity index is 1060. The van der Waals surface area contributed by atoms with Gasteiger partial charge in [0, 0.05) is 43.4 Å². The van der Waals surface area contributed by atoms with Crippen molar-refractivity contribution >= 4 is 17.2 Å². The molecule has 1 N–H and O–H groups in total. The molecule has 1 aliphatic carbocycles. The summed E-state index contributed by atoms with van der Waals surface area (Å²) in [6.45, 7) is 5.32. The molecule has 2 aliphatic heterocycles. The zero-order valence-corrected chi connectivity index (χ0v) is 18.9. The molecule has 0 saturated carbocycles. The van der Waals surface area contributed by atoms with Crippen LogP contribution in [0.5, 0.6) is 0 Å². The first-order valence-corrected chi connectivity index (χ1v) is 12.3. The van der Waals surface area contributed by atoms with Crippen LogP contribution in [0.25, 0.3) is 0 Å². The van der Waals surface area contributed by atoms with E-state index in [1.165, 1.54) is 10.4 Å². The number of nitrogens with zero attached hydrogens (tertiary/aromatic N) is 3. The number of H-pyrrole nitrogens is 1. The fourth-order valence-corrected chi connectivity index (χ4v) is 6.08. The molecule has 1 saturated heterocycles. The minimum atomic E-state index is -0.0943. The maximum atomic E-state index is 13.1. The third-order valence-corrected chi connectivity index (χ3v) is 7.98. The highest BCUT2D eigenvalue weighted by Crippen LogP contribution is 2.33. The Morgan fingerprint density at radius 2 is 2.19 bits per heavy atom. The Morgan fingerprint density at radius 3 is 2.97 bits per heavy atom. The van der Waals surface area contributed by atoms with Gasteiger partial charge in [-0.3, -0.25) is 14.5 Å². The van der Waals surface area contributed by atoms with E-state index in [0.29, 0.717) is 12.4 Å². The van der Waals surface area contributed by atoms with Gasteiger partial charge in [0.15, 0.2) is 0 Å². The summed E-state index contributed by atoms with van der Waals surface area (Å²) in [7, 11) is 0. The van der Waals surface area contributed by atoms with E-state index in [1.54, 1.807) is 11.3 Å². The highest BCUT2D eigenvalue weighted by atomic mass is 32.1. The van der Waals surface area contributed by atoms with Gasteiger partial charge in [-0.1, -0.05) is 12.2 Å². The maximum absolute atomic E-state index is 13.1. The van der Waals surface area contributed by atoms with Crippen molar-refractivity contribution in [2.75, 3.05) is 13.1 Å². The highest BCUT2D eigenvalue weighted by Gasteiger charge is 2.36. The average Bonchev–Trinajstić information content (AvgIpc) is 3.43. The van der Waals surface area contributed by atoms with Gasteiger partial charge in [-0.25, -0.2) is 4.98 Å². The quantitative estimate of drug-likeness (QED) is 0.739. The van der Waals surface area contributed by atoms with Crippen molar-refractivity contribution < 1.29 is 4.79 Å². The second-order valence-corrected chi connectivity index (χ2v) is 10.0. The first kappa shape index (κ1) is 20.6. The second-order valence-electron chi connectivity index (χ2n) is 9.03. The summed E-state index contributed by atoms with van der Waals surface area (Å²) in [5.41, 5.74) is 2.99. The van der Waals surface area contributed by atoms with Crippen LogP contribution in [0.1, 0.15) is 65.7 Å². The molecule has 3 aliphatic rings. The molecule has 2 aromatic heterocycles.